The van der Waals surface area contributed by atoms with Crippen molar-refractivity contribution in [2.24, 2.45) is 0 Å². The third kappa shape index (κ3) is 3.82. The van der Waals surface area contributed by atoms with Crippen molar-refractivity contribution in [3.63, 3.8) is 0 Å². The first kappa shape index (κ1) is 19.5. The number of carbonyl (C=O) groups is 1. The van der Waals surface area contributed by atoms with Crippen LogP contribution < -0.4 is 5.69 Å². The van der Waals surface area contributed by atoms with Crippen molar-refractivity contribution in [1.82, 2.24) is 9.55 Å². The number of aromatic nitrogens is 2. The maximum absolute atomic E-state index is 12.7. The number of ketones is 1. The summed E-state index contributed by atoms with van der Waals surface area (Å²) in [5.41, 5.74) is 3.52. The second-order valence-electron chi connectivity index (χ2n) is 7.54. The SMILES string of the molecule is O=C(C=Cc1ccccc1)c1cccc(-n2c(-c3ccc4ccccc4c3)c[nH]c2=O)c1. The van der Waals surface area contributed by atoms with Crippen LogP contribution in [0.2, 0.25) is 0 Å². The van der Waals surface area contributed by atoms with Gasteiger partial charge in [-0.05, 0) is 40.6 Å². The van der Waals surface area contributed by atoms with Crippen molar-refractivity contribution in [3.8, 4) is 16.9 Å². The van der Waals surface area contributed by atoms with E-state index in [1.54, 1.807) is 41.1 Å². The second kappa shape index (κ2) is 8.36. The molecule has 0 aliphatic rings. The maximum atomic E-state index is 12.7. The van der Waals surface area contributed by atoms with Gasteiger partial charge < -0.3 is 4.98 Å². The molecule has 0 saturated heterocycles. The average Bonchev–Trinajstić information content (AvgIpc) is 3.24. The van der Waals surface area contributed by atoms with E-state index in [1.165, 1.54) is 0 Å². The summed E-state index contributed by atoms with van der Waals surface area (Å²) in [5, 5.41) is 2.23. The smallest absolute Gasteiger partial charge is 0.312 e. The molecule has 0 aliphatic carbocycles. The summed E-state index contributed by atoms with van der Waals surface area (Å²) in [7, 11) is 0. The lowest BCUT2D eigenvalue weighted by Gasteiger charge is -2.09. The Kier molecular flexibility index (Phi) is 5.10. The normalized spacial score (nSPS) is 11.2. The Morgan fingerprint density at radius 1 is 0.781 bits per heavy atom. The highest BCUT2D eigenvalue weighted by Gasteiger charge is 2.13. The molecule has 4 nitrogen and oxygen atoms in total. The summed E-state index contributed by atoms with van der Waals surface area (Å²) in [4.78, 5) is 28.2. The van der Waals surface area contributed by atoms with E-state index in [0.717, 1.165) is 27.6 Å². The predicted molar refractivity (Wildman–Crippen MR) is 129 cm³/mol. The van der Waals surface area contributed by atoms with Gasteiger partial charge in [0.05, 0.1) is 11.4 Å². The molecule has 1 heterocycles. The van der Waals surface area contributed by atoms with Gasteiger partial charge in [-0.2, -0.15) is 0 Å². The van der Waals surface area contributed by atoms with Gasteiger partial charge in [0.25, 0.3) is 0 Å². The van der Waals surface area contributed by atoms with Gasteiger partial charge in [0.1, 0.15) is 0 Å². The molecular formula is C28H20N2O2. The highest BCUT2D eigenvalue weighted by Crippen LogP contribution is 2.25. The number of nitrogens with zero attached hydrogens (tertiary/aromatic N) is 1. The second-order valence-corrected chi connectivity index (χ2v) is 7.54. The first-order chi connectivity index (χ1) is 15.7. The average molecular weight is 416 g/mol. The summed E-state index contributed by atoms with van der Waals surface area (Å²) in [6.07, 6.45) is 5.05. The van der Waals surface area contributed by atoms with E-state index in [0.29, 0.717) is 11.3 Å². The monoisotopic (exact) mass is 416 g/mol. The van der Waals surface area contributed by atoms with Gasteiger partial charge in [-0.3, -0.25) is 9.36 Å². The molecule has 0 saturated carbocycles. The van der Waals surface area contributed by atoms with Crippen molar-refractivity contribution in [1.29, 1.82) is 0 Å². The van der Waals surface area contributed by atoms with Crippen LogP contribution in [0.15, 0.2) is 114 Å². The van der Waals surface area contributed by atoms with Gasteiger partial charge in [-0.1, -0.05) is 84.9 Å². The number of fused-ring (bicyclic) bond motifs is 1. The molecule has 0 radical (unpaired) electrons. The summed E-state index contributed by atoms with van der Waals surface area (Å²) in [5.74, 6) is -0.119. The number of benzene rings is 4. The largest absolute Gasteiger partial charge is 0.330 e. The molecule has 0 atom stereocenters. The number of allylic oxidation sites excluding steroid dienone is 1. The van der Waals surface area contributed by atoms with Gasteiger partial charge in [0, 0.05) is 17.3 Å². The van der Waals surface area contributed by atoms with Crippen LogP contribution >= 0.6 is 0 Å². The van der Waals surface area contributed by atoms with Gasteiger partial charge >= 0.3 is 5.69 Å². The molecule has 0 aliphatic heterocycles. The molecule has 0 unspecified atom stereocenters. The van der Waals surface area contributed by atoms with Crippen LogP contribution in [-0.4, -0.2) is 15.3 Å². The number of aromatic amines is 1. The van der Waals surface area contributed by atoms with Crippen LogP contribution in [0.4, 0.5) is 0 Å². The number of hydrogen-bond donors (Lipinski definition) is 1. The molecule has 1 N–H and O–H groups in total. The lowest BCUT2D eigenvalue weighted by Crippen LogP contribution is -2.16. The van der Waals surface area contributed by atoms with E-state index in [4.69, 9.17) is 0 Å². The Balaban J connectivity index is 1.52. The third-order valence-corrected chi connectivity index (χ3v) is 5.44. The number of rotatable bonds is 5. The zero-order valence-corrected chi connectivity index (χ0v) is 17.2. The fraction of sp³-hybridized carbons (Fsp3) is 0. The molecule has 5 rings (SSSR count). The lowest BCUT2D eigenvalue weighted by atomic mass is 10.0. The fourth-order valence-electron chi connectivity index (χ4n) is 3.82. The molecule has 154 valence electrons. The minimum absolute atomic E-state index is 0.119. The summed E-state index contributed by atoms with van der Waals surface area (Å²) in [6.45, 7) is 0. The fourth-order valence-corrected chi connectivity index (χ4v) is 3.82. The van der Waals surface area contributed by atoms with Crippen LogP contribution in [0.5, 0.6) is 0 Å². The number of H-pyrrole nitrogens is 1. The zero-order valence-electron chi connectivity index (χ0n) is 17.2. The van der Waals surface area contributed by atoms with Crippen molar-refractivity contribution in [2.75, 3.05) is 0 Å². The Hall–Kier alpha value is -4.44. The van der Waals surface area contributed by atoms with Crippen molar-refractivity contribution < 1.29 is 4.79 Å². The molecule has 32 heavy (non-hydrogen) atoms. The summed E-state index contributed by atoms with van der Waals surface area (Å²) in [6, 6.07) is 31.0. The highest BCUT2D eigenvalue weighted by atomic mass is 16.1. The molecule has 4 heteroatoms. The Bertz CT molecular complexity index is 1510. The van der Waals surface area contributed by atoms with Crippen LogP contribution in [0.1, 0.15) is 15.9 Å². The standard InChI is InChI=1S/C28H20N2O2/c31-27(16-13-20-7-2-1-3-8-20)24-11-6-12-25(18-24)30-26(19-29-28(30)32)23-15-14-21-9-4-5-10-22(21)17-23/h1-19H,(H,29,32). The molecule has 4 aromatic carbocycles. The Morgan fingerprint density at radius 2 is 1.56 bits per heavy atom. The van der Waals surface area contributed by atoms with Crippen LogP contribution in [0.3, 0.4) is 0 Å². The molecule has 0 amide bonds. The molecule has 0 fully saturated rings. The molecule has 0 spiro atoms. The lowest BCUT2D eigenvalue weighted by molar-refractivity contribution is 0.104. The Morgan fingerprint density at radius 3 is 2.41 bits per heavy atom. The van der Waals surface area contributed by atoms with Gasteiger partial charge in [-0.15, -0.1) is 0 Å². The van der Waals surface area contributed by atoms with Crippen molar-refractivity contribution in [3.05, 3.63) is 131 Å². The number of hydrogen-bond acceptors (Lipinski definition) is 2. The minimum atomic E-state index is -0.252. The quantitative estimate of drug-likeness (QED) is 0.287. The van der Waals surface area contributed by atoms with Crippen LogP contribution in [0.25, 0.3) is 33.8 Å². The van der Waals surface area contributed by atoms with Crippen LogP contribution in [0, 0.1) is 0 Å². The van der Waals surface area contributed by atoms with E-state index in [1.807, 2.05) is 66.7 Å². The third-order valence-electron chi connectivity index (χ3n) is 5.44. The maximum Gasteiger partial charge on any atom is 0.330 e. The van der Waals surface area contributed by atoms with Gasteiger partial charge in [-0.25, -0.2) is 4.79 Å². The Labute approximate surface area is 185 Å². The molecule has 5 aromatic rings. The van der Waals surface area contributed by atoms with Crippen molar-refractivity contribution >= 4 is 22.6 Å². The predicted octanol–water partition coefficient (Wildman–Crippen LogP) is 5.88. The highest BCUT2D eigenvalue weighted by molar-refractivity contribution is 6.07. The van der Waals surface area contributed by atoms with E-state index in [9.17, 15) is 9.59 Å². The molecule has 0 bridgehead atoms. The minimum Gasteiger partial charge on any atom is -0.312 e. The molecule has 1 aromatic heterocycles. The van der Waals surface area contributed by atoms with Gasteiger partial charge in [0.15, 0.2) is 5.78 Å². The van der Waals surface area contributed by atoms with Crippen molar-refractivity contribution in [2.45, 2.75) is 0 Å². The van der Waals surface area contributed by atoms with E-state index < -0.39 is 0 Å². The number of carbonyl (C=O) groups excluding carboxylic acids is 1. The first-order valence-corrected chi connectivity index (χ1v) is 10.4. The first-order valence-electron chi connectivity index (χ1n) is 10.4. The van der Waals surface area contributed by atoms with E-state index >= 15 is 0 Å². The van der Waals surface area contributed by atoms with Crippen LogP contribution in [-0.2, 0) is 0 Å². The number of nitrogens with one attached hydrogen (secondary N) is 1. The van der Waals surface area contributed by atoms with E-state index in [-0.39, 0.29) is 11.5 Å². The summed E-state index contributed by atoms with van der Waals surface area (Å²) >= 11 is 0. The van der Waals surface area contributed by atoms with E-state index in [2.05, 4.69) is 17.1 Å². The zero-order chi connectivity index (χ0) is 21.9. The van der Waals surface area contributed by atoms with Gasteiger partial charge in [0.2, 0.25) is 0 Å². The summed E-state index contributed by atoms with van der Waals surface area (Å²) < 4.78 is 1.60. The topological polar surface area (TPSA) is 54.9 Å². The molecular weight excluding hydrogens is 396 g/mol. The number of imidazole rings is 1.